The Bertz CT molecular complexity index is 416. The van der Waals surface area contributed by atoms with Crippen molar-refractivity contribution in [2.75, 3.05) is 23.7 Å². The molecule has 1 aliphatic rings. The van der Waals surface area contributed by atoms with Gasteiger partial charge in [-0.25, -0.2) is 0 Å². The van der Waals surface area contributed by atoms with Crippen LogP contribution in [0.2, 0.25) is 0 Å². The number of hydrogen-bond donors (Lipinski definition) is 1. The summed E-state index contributed by atoms with van der Waals surface area (Å²) in [6, 6.07) is 3.64. The summed E-state index contributed by atoms with van der Waals surface area (Å²) in [5, 5.41) is 0. The van der Waals surface area contributed by atoms with Crippen molar-refractivity contribution in [3.63, 3.8) is 0 Å². The van der Waals surface area contributed by atoms with Crippen LogP contribution in [0.4, 0.5) is 11.4 Å². The molecule has 2 N–H and O–H groups in total. The number of carbonyl (C=O) groups is 1. The Hall–Kier alpha value is -1.03. The zero-order valence-corrected chi connectivity index (χ0v) is 11.6. The number of piperidine rings is 1. The molecule has 1 fully saturated rings. The molecule has 0 aliphatic carbocycles. The molecule has 1 aliphatic heterocycles. The SMILES string of the molecule is CC(=O)c1cc(N)c(N2CCCCC2)c(Br)c1. The smallest absolute Gasteiger partial charge is 0.159 e. The lowest BCUT2D eigenvalue weighted by molar-refractivity contribution is 0.101. The van der Waals surface area contributed by atoms with E-state index in [2.05, 4.69) is 20.8 Å². The zero-order valence-electron chi connectivity index (χ0n) is 10.0. The highest BCUT2D eigenvalue weighted by atomic mass is 79.9. The van der Waals surface area contributed by atoms with Crippen molar-refractivity contribution in [3.05, 3.63) is 22.2 Å². The maximum atomic E-state index is 11.3. The summed E-state index contributed by atoms with van der Waals surface area (Å²) in [7, 11) is 0. The van der Waals surface area contributed by atoms with Gasteiger partial charge in [0, 0.05) is 23.1 Å². The Morgan fingerprint density at radius 2 is 1.94 bits per heavy atom. The van der Waals surface area contributed by atoms with Crippen LogP contribution >= 0.6 is 15.9 Å². The van der Waals surface area contributed by atoms with Crippen LogP contribution in [0.5, 0.6) is 0 Å². The topological polar surface area (TPSA) is 46.3 Å². The van der Waals surface area contributed by atoms with Crippen molar-refractivity contribution < 1.29 is 4.79 Å². The number of carbonyl (C=O) groups excluding carboxylic acids is 1. The Morgan fingerprint density at radius 1 is 1.29 bits per heavy atom. The number of nitrogen functional groups attached to an aromatic ring is 1. The molecule has 0 unspecified atom stereocenters. The first-order valence-corrected chi connectivity index (χ1v) is 6.74. The maximum Gasteiger partial charge on any atom is 0.159 e. The minimum Gasteiger partial charge on any atom is -0.397 e. The number of halogens is 1. The molecule has 1 aromatic carbocycles. The molecule has 2 rings (SSSR count). The molecule has 0 saturated carbocycles. The summed E-state index contributed by atoms with van der Waals surface area (Å²) in [4.78, 5) is 13.6. The summed E-state index contributed by atoms with van der Waals surface area (Å²) in [5.41, 5.74) is 8.45. The fraction of sp³-hybridized carbons (Fsp3) is 0.462. The molecule has 1 aromatic rings. The van der Waals surface area contributed by atoms with Crippen molar-refractivity contribution >= 4 is 33.1 Å². The summed E-state index contributed by atoms with van der Waals surface area (Å²) in [5.74, 6) is 0.0441. The molecule has 0 radical (unpaired) electrons. The van der Waals surface area contributed by atoms with E-state index in [1.807, 2.05) is 6.07 Å². The fourth-order valence-electron chi connectivity index (χ4n) is 2.27. The van der Waals surface area contributed by atoms with Crippen LogP contribution < -0.4 is 10.6 Å². The van der Waals surface area contributed by atoms with E-state index >= 15 is 0 Å². The molecule has 1 heterocycles. The summed E-state index contributed by atoms with van der Waals surface area (Å²) in [6.45, 7) is 3.65. The molecule has 17 heavy (non-hydrogen) atoms. The van der Waals surface area contributed by atoms with Crippen LogP contribution in [0.3, 0.4) is 0 Å². The zero-order chi connectivity index (χ0) is 12.4. The van der Waals surface area contributed by atoms with Gasteiger partial charge in [-0.15, -0.1) is 0 Å². The van der Waals surface area contributed by atoms with Crippen LogP contribution in [0.15, 0.2) is 16.6 Å². The molecular weight excluding hydrogens is 280 g/mol. The van der Waals surface area contributed by atoms with E-state index < -0.39 is 0 Å². The van der Waals surface area contributed by atoms with Crippen LogP contribution in [0.1, 0.15) is 36.5 Å². The molecule has 0 aromatic heterocycles. The van der Waals surface area contributed by atoms with Crippen LogP contribution in [0, 0.1) is 0 Å². The van der Waals surface area contributed by atoms with Gasteiger partial charge < -0.3 is 10.6 Å². The number of anilines is 2. The van der Waals surface area contributed by atoms with Gasteiger partial charge >= 0.3 is 0 Å². The third-order valence-corrected chi connectivity index (χ3v) is 3.78. The van der Waals surface area contributed by atoms with Gasteiger partial charge in [0.25, 0.3) is 0 Å². The molecule has 3 nitrogen and oxygen atoms in total. The average molecular weight is 297 g/mol. The highest BCUT2D eigenvalue weighted by molar-refractivity contribution is 9.10. The normalized spacial score (nSPS) is 16.0. The summed E-state index contributed by atoms with van der Waals surface area (Å²) in [6.07, 6.45) is 3.71. The van der Waals surface area contributed by atoms with Gasteiger partial charge in [-0.05, 0) is 54.2 Å². The third kappa shape index (κ3) is 2.63. The lowest BCUT2D eigenvalue weighted by atomic mass is 10.1. The second kappa shape index (κ2) is 5.08. The second-order valence-corrected chi connectivity index (χ2v) is 5.35. The van der Waals surface area contributed by atoms with Gasteiger partial charge in [-0.3, -0.25) is 4.79 Å². The first-order chi connectivity index (χ1) is 8.09. The molecule has 0 atom stereocenters. The Morgan fingerprint density at radius 3 is 2.47 bits per heavy atom. The monoisotopic (exact) mass is 296 g/mol. The number of hydrogen-bond acceptors (Lipinski definition) is 3. The van der Waals surface area contributed by atoms with Gasteiger partial charge in [-0.2, -0.15) is 0 Å². The largest absolute Gasteiger partial charge is 0.397 e. The van der Waals surface area contributed by atoms with Gasteiger partial charge in [0.1, 0.15) is 0 Å². The van der Waals surface area contributed by atoms with Crippen molar-refractivity contribution in [2.24, 2.45) is 0 Å². The molecule has 92 valence electrons. The van der Waals surface area contributed by atoms with Crippen molar-refractivity contribution in [1.82, 2.24) is 0 Å². The lowest BCUT2D eigenvalue weighted by Gasteiger charge is -2.31. The summed E-state index contributed by atoms with van der Waals surface area (Å²) >= 11 is 3.53. The molecule has 1 saturated heterocycles. The molecule has 4 heteroatoms. The van der Waals surface area contributed by atoms with Crippen LogP contribution in [-0.4, -0.2) is 18.9 Å². The molecule has 0 spiro atoms. The van der Waals surface area contributed by atoms with Gasteiger partial charge in [0.05, 0.1) is 11.4 Å². The Balaban J connectivity index is 2.37. The van der Waals surface area contributed by atoms with Gasteiger partial charge in [0.2, 0.25) is 0 Å². The summed E-state index contributed by atoms with van der Waals surface area (Å²) < 4.78 is 0.921. The second-order valence-electron chi connectivity index (χ2n) is 4.50. The van der Waals surface area contributed by atoms with E-state index in [9.17, 15) is 4.79 Å². The first kappa shape index (κ1) is 12.4. The number of ketones is 1. The standard InChI is InChI=1S/C13H17BrN2O/c1-9(17)10-7-11(14)13(12(15)8-10)16-5-3-2-4-6-16/h7-8H,2-6,15H2,1H3. The predicted octanol–water partition coefficient (Wildman–Crippen LogP) is 3.22. The van der Waals surface area contributed by atoms with E-state index in [1.165, 1.54) is 19.3 Å². The van der Waals surface area contributed by atoms with Gasteiger partial charge in [-0.1, -0.05) is 0 Å². The first-order valence-electron chi connectivity index (χ1n) is 5.94. The predicted molar refractivity (Wildman–Crippen MR) is 74.6 cm³/mol. The quantitative estimate of drug-likeness (QED) is 0.673. The highest BCUT2D eigenvalue weighted by Gasteiger charge is 2.17. The average Bonchev–Trinajstić information content (AvgIpc) is 2.29. The lowest BCUT2D eigenvalue weighted by Crippen LogP contribution is -2.30. The van der Waals surface area contributed by atoms with Crippen molar-refractivity contribution in [2.45, 2.75) is 26.2 Å². The Labute approximate surface area is 110 Å². The number of Topliss-reactive ketones (excluding diaryl/α,β-unsaturated/α-hetero) is 1. The fourth-order valence-corrected chi connectivity index (χ4v) is 3.00. The van der Waals surface area contributed by atoms with E-state index in [1.54, 1.807) is 13.0 Å². The number of rotatable bonds is 2. The maximum absolute atomic E-state index is 11.3. The number of nitrogens with two attached hydrogens (primary N) is 1. The Kier molecular flexibility index (Phi) is 3.72. The minimum atomic E-state index is 0.0441. The van der Waals surface area contributed by atoms with Crippen molar-refractivity contribution in [1.29, 1.82) is 0 Å². The molecular formula is C13H17BrN2O. The van der Waals surface area contributed by atoms with Gasteiger partial charge in [0.15, 0.2) is 5.78 Å². The molecule has 0 amide bonds. The highest BCUT2D eigenvalue weighted by Crippen LogP contribution is 2.35. The number of nitrogens with zero attached hydrogens (tertiary/aromatic N) is 1. The van der Waals surface area contributed by atoms with E-state index in [4.69, 9.17) is 5.73 Å². The minimum absolute atomic E-state index is 0.0441. The van der Waals surface area contributed by atoms with E-state index in [0.29, 0.717) is 11.3 Å². The van der Waals surface area contributed by atoms with E-state index in [-0.39, 0.29) is 5.78 Å². The van der Waals surface area contributed by atoms with Crippen LogP contribution in [0.25, 0.3) is 0 Å². The van der Waals surface area contributed by atoms with Crippen molar-refractivity contribution in [3.8, 4) is 0 Å². The molecule has 0 bridgehead atoms. The third-order valence-electron chi connectivity index (χ3n) is 3.17. The van der Waals surface area contributed by atoms with Crippen LogP contribution in [-0.2, 0) is 0 Å². The van der Waals surface area contributed by atoms with E-state index in [0.717, 1.165) is 23.2 Å². The number of benzene rings is 1.